The quantitative estimate of drug-likeness (QED) is 0.397. The summed E-state index contributed by atoms with van der Waals surface area (Å²) in [5.74, 6) is -3.46. The summed E-state index contributed by atoms with van der Waals surface area (Å²) in [6, 6.07) is 10.8. The normalized spacial score (nSPS) is 13.5. The second kappa shape index (κ2) is 9.84. The number of nitrogens with one attached hydrogen (secondary N) is 1. The third kappa shape index (κ3) is 5.46. The summed E-state index contributed by atoms with van der Waals surface area (Å²) >= 11 is 5.69. The number of ketones is 1. The van der Waals surface area contributed by atoms with E-state index in [1.807, 2.05) is 0 Å². The first-order chi connectivity index (χ1) is 15.7. The zero-order valence-corrected chi connectivity index (χ0v) is 17.5. The Balaban J connectivity index is 0.000000286. The fraction of sp³-hybridized carbons (Fsp3) is 0. The van der Waals surface area contributed by atoms with Crippen molar-refractivity contribution in [1.82, 2.24) is 4.98 Å². The van der Waals surface area contributed by atoms with Crippen LogP contribution in [-0.2, 0) is 4.79 Å². The Morgan fingerprint density at radius 2 is 1.73 bits per heavy atom. The van der Waals surface area contributed by atoms with Crippen LogP contribution < -0.4 is 11.1 Å². The number of aromatic nitrogens is 1. The minimum absolute atomic E-state index is 0.0672. The van der Waals surface area contributed by atoms with Gasteiger partial charge in [0.15, 0.2) is 0 Å². The Bertz CT molecular complexity index is 1310. The van der Waals surface area contributed by atoms with Gasteiger partial charge in [-0.15, -0.1) is 0 Å². The third-order valence-electron chi connectivity index (χ3n) is 4.47. The number of rotatable bonds is 3. The highest BCUT2D eigenvalue weighted by molar-refractivity contribution is 6.36. The van der Waals surface area contributed by atoms with Crippen LogP contribution in [0.15, 0.2) is 66.5 Å². The summed E-state index contributed by atoms with van der Waals surface area (Å²) in [5.41, 5.74) is 5.87. The van der Waals surface area contributed by atoms with Crippen LogP contribution in [0.5, 0.6) is 0 Å². The molecule has 10 heteroatoms. The second-order valence-electron chi connectivity index (χ2n) is 6.68. The highest BCUT2D eigenvalue weighted by Gasteiger charge is 2.29. The number of carboxylic acids is 1. The number of hydrogen-bond donors (Lipinski definition) is 3. The Morgan fingerprint density at radius 1 is 1.03 bits per heavy atom. The zero-order valence-electron chi connectivity index (χ0n) is 16.7. The van der Waals surface area contributed by atoms with E-state index in [1.165, 1.54) is 48.8 Å². The largest absolute Gasteiger partial charge is 0.478 e. The number of primary amides is 1. The van der Waals surface area contributed by atoms with Gasteiger partial charge < -0.3 is 16.2 Å². The molecular weight excluding hydrogens is 453 g/mol. The highest BCUT2D eigenvalue weighted by Crippen LogP contribution is 2.28. The van der Waals surface area contributed by atoms with Crippen molar-refractivity contribution in [1.29, 1.82) is 0 Å². The average molecular weight is 468 g/mol. The molecule has 2 heterocycles. The van der Waals surface area contributed by atoms with E-state index in [-0.39, 0.29) is 27.4 Å². The van der Waals surface area contributed by atoms with Gasteiger partial charge in [0.25, 0.3) is 5.91 Å². The van der Waals surface area contributed by atoms with E-state index < -0.39 is 29.4 Å². The predicted octanol–water partition coefficient (Wildman–Crippen LogP) is 3.58. The van der Waals surface area contributed by atoms with Gasteiger partial charge in [-0.05, 0) is 54.1 Å². The van der Waals surface area contributed by atoms with Crippen molar-refractivity contribution >= 4 is 46.9 Å². The summed E-state index contributed by atoms with van der Waals surface area (Å²) in [6.45, 7) is 0. The molecule has 33 heavy (non-hydrogen) atoms. The minimum atomic E-state index is -1.18. The molecular formula is C23H15ClFN3O5. The zero-order chi connectivity index (χ0) is 24.1. The Morgan fingerprint density at radius 3 is 2.30 bits per heavy atom. The van der Waals surface area contributed by atoms with Crippen LogP contribution in [0.4, 0.5) is 10.1 Å². The molecule has 1 aliphatic rings. The van der Waals surface area contributed by atoms with Crippen LogP contribution in [0.2, 0.25) is 5.02 Å². The van der Waals surface area contributed by atoms with Gasteiger partial charge in [-0.25, -0.2) is 9.18 Å². The van der Waals surface area contributed by atoms with Gasteiger partial charge in [-0.1, -0.05) is 17.7 Å². The van der Waals surface area contributed by atoms with Crippen molar-refractivity contribution in [2.24, 2.45) is 5.73 Å². The number of Topliss-reactive ketones (excluding diaryl/α,β-unsaturated/α-hetero) is 1. The fourth-order valence-electron chi connectivity index (χ4n) is 2.83. The maximum absolute atomic E-state index is 13.2. The van der Waals surface area contributed by atoms with Gasteiger partial charge in [0.1, 0.15) is 5.82 Å². The first kappa shape index (κ1) is 23.3. The number of nitrogens with two attached hydrogens (primary N) is 1. The third-order valence-corrected chi connectivity index (χ3v) is 4.76. The van der Waals surface area contributed by atoms with Crippen molar-refractivity contribution in [2.45, 2.75) is 0 Å². The molecule has 1 aliphatic heterocycles. The van der Waals surface area contributed by atoms with E-state index in [9.17, 15) is 23.6 Å². The SMILES string of the molecule is NC(=O)c1ccncc1.O=C1Nc2ccc(C(=O)O)cc2C(=O)/C1=C/c1ccc(F)c(Cl)c1. The number of carbonyl (C=O) groups is 4. The first-order valence-electron chi connectivity index (χ1n) is 9.27. The summed E-state index contributed by atoms with van der Waals surface area (Å²) in [7, 11) is 0. The van der Waals surface area contributed by atoms with Crippen LogP contribution in [-0.4, -0.2) is 33.7 Å². The van der Waals surface area contributed by atoms with E-state index in [2.05, 4.69) is 10.3 Å². The number of anilines is 1. The van der Waals surface area contributed by atoms with E-state index in [4.69, 9.17) is 22.4 Å². The molecule has 0 atom stereocenters. The smallest absolute Gasteiger partial charge is 0.335 e. The van der Waals surface area contributed by atoms with Gasteiger partial charge in [0, 0.05) is 23.5 Å². The molecule has 4 N–H and O–H groups in total. The van der Waals surface area contributed by atoms with Crippen LogP contribution >= 0.6 is 11.6 Å². The number of carboxylic acid groups (broad SMARTS) is 1. The lowest BCUT2D eigenvalue weighted by molar-refractivity contribution is -0.112. The first-order valence-corrected chi connectivity index (χ1v) is 9.65. The number of aromatic carboxylic acids is 1. The van der Waals surface area contributed by atoms with Crippen molar-refractivity contribution < 1.29 is 28.7 Å². The van der Waals surface area contributed by atoms with E-state index in [1.54, 1.807) is 12.1 Å². The van der Waals surface area contributed by atoms with Gasteiger partial charge in [0.05, 0.1) is 21.8 Å². The monoisotopic (exact) mass is 467 g/mol. The van der Waals surface area contributed by atoms with Crippen LogP contribution in [0, 0.1) is 5.82 Å². The summed E-state index contributed by atoms with van der Waals surface area (Å²) in [5, 5.41) is 11.4. The van der Waals surface area contributed by atoms with E-state index in [0.29, 0.717) is 11.1 Å². The number of benzene rings is 2. The second-order valence-corrected chi connectivity index (χ2v) is 7.09. The standard InChI is InChI=1S/C17H9ClFNO4.C6H6N2O/c18-12-6-8(1-3-13(12)19)5-11-15(21)10-7-9(17(23)24)2-4-14(10)20-16(11)22;7-6(9)5-1-3-8-4-2-5/h1-7H,(H,20,22)(H,23,24);1-4H,(H2,7,9)/b11-5-;. The topological polar surface area (TPSA) is 139 Å². The van der Waals surface area contributed by atoms with Crippen LogP contribution in [0.25, 0.3) is 6.08 Å². The molecule has 2 amide bonds. The van der Waals surface area contributed by atoms with E-state index in [0.717, 1.165) is 6.07 Å². The highest BCUT2D eigenvalue weighted by atomic mass is 35.5. The lowest BCUT2D eigenvalue weighted by atomic mass is 9.94. The molecule has 1 aromatic heterocycles. The predicted molar refractivity (Wildman–Crippen MR) is 119 cm³/mol. The molecule has 4 rings (SSSR count). The maximum Gasteiger partial charge on any atom is 0.335 e. The Labute approximate surface area is 191 Å². The van der Waals surface area contributed by atoms with Crippen molar-refractivity contribution in [2.75, 3.05) is 5.32 Å². The lowest BCUT2D eigenvalue weighted by Crippen LogP contribution is -2.27. The average Bonchev–Trinajstić information content (AvgIpc) is 2.79. The summed E-state index contributed by atoms with van der Waals surface area (Å²) < 4.78 is 13.2. The van der Waals surface area contributed by atoms with Crippen molar-refractivity contribution in [3.63, 3.8) is 0 Å². The number of nitrogens with zero attached hydrogens (tertiary/aromatic N) is 1. The van der Waals surface area contributed by atoms with Crippen molar-refractivity contribution in [3.05, 3.63) is 99.6 Å². The molecule has 166 valence electrons. The maximum atomic E-state index is 13.2. The number of halogens is 2. The molecule has 3 aromatic rings. The molecule has 0 radical (unpaired) electrons. The van der Waals surface area contributed by atoms with Gasteiger partial charge in [-0.2, -0.15) is 0 Å². The minimum Gasteiger partial charge on any atom is -0.478 e. The molecule has 2 aromatic carbocycles. The van der Waals surface area contributed by atoms with Crippen LogP contribution in [0.1, 0.15) is 36.6 Å². The molecule has 0 saturated carbocycles. The van der Waals surface area contributed by atoms with Gasteiger partial charge in [0.2, 0.25) is 11.7 Å². The molecule has 8 nitrogen and oxygen atoms in total. The summed E-state index contributed by atoms with van der Waals surface area (Å²) in [4.78, 5) is 49.8. The number of amides is 2. The molecule has 0 spiro atoms. The number of hydrogen-bond acceptors (Lipinski definition) is 5. The molecule has 0 aliphatic carbocycles. The number of pyridine rings is 1. The number of carbonyl (C=O) groups excluding carboxylic acids is 3. The lowest BCUT2D eigenvalue weighted by Gasteiger charge is -2.18. The van der Waals surface area contributed by atoms with Gasteiger partial charge in [-0.3, -0.25) is 19.4 Å². The Hall–Kier alpha value is -4.37. The molecule has 0 unspecified atom stereocenters. The van der Waals surface area contributed by atoms with Crippen molar-refractivity contribution in [3.8, 4) is 0 Å². The molecule has 0 saturated heterocycles. The van der Waals surface area contributed by atoms with E-state index >= 15 is 0 Å². The van der Waals surface area contributed by atoms with Gasteiger partial charge >= 0.3 is 5.97 Å². The van der Waals surface area contributed by atoms with Crippen LogP contribution in [0.3, 0.4) is 0 Å². The molecule has 0 bridgehead atoms. The summed E-state index contributed by atoms with van der Waals surface area (Å²) in [6.07, 6.45) is 4.33. The molecule has 0 fully saturated rings. The number of fused-ring (bicyclic) bond motifs is 1. The Kier molecular flexibility index (Phi) is 6.94. The fourth-order valence-corrected chi connectivity index (χ4v) is 3.02.